The van der Waals surface area contributed by atoms with Crippen LogP contribution in [0.1, 0.15) is 32.6 Å². The molecule has 0 spiro atoms. The van der Waals surface area contributed by atoms with Crippen LogP contribution in [-0.4, -0.2) is 49.0 Å². The zero-order valence-electron chi connectivity index (χ0n) is 9.46. The third kappa shape index (κ3) is 3.56. The fraction of sp³-hybridized carbons (Fsp3) is 1.00. The van der Waals surface area contributed by atoms with Gasteiger partial charge in [0.25, 0.3) is 0 Å². The van der Waals surface area contributed by atoms with E-state index >= 15 is 0 Å². The molecule has 1 N–H and O–H groups in total. The fourth-order valence-electron chi connectivity index (χ4n) is 2.19. The van der Waals surface area contributed by atoms with Crippen molar-refractivity contribution < 1.29 is 9.84 Å². The highest BCUT2D eigenvalue weighted by Gasteiger charge is 2.29. The van der Waals surface area contributed by atoms with E-state index in [0.717, 1.165) is 38.9 Å². The van der Waals surface area contributed by atoms with E-state index in [1.54, 1.807) is 7.11 Å². The van der Waals surface area contributed by atoms with Gasteiger partial charge in [0, 0.05) is 13.7 Å². The summed E-state index contributed by atoms with van der Waals surface area (Å²) in [5.41, 5.74) is -0.572. The predicted octanol–water partition coefficient (Wildman–Crippen LogP) is 1.26. The first-order chi connectivity index (χ1) is 6.70. The van der Waals surface area contributed by atoms with E-state index in [1.807, 2.05) is 0 Å². The second kappa shape index (κ2) is 5.69. The van der Waals surface area contributed by atoms with Crippen LogP contribution in [0.4, 0.5) is 0 Å². The maximum atomic E-state index is 10.2. The van der Waals surface area contributed by atoms with Gasteiger partial charge in [0.2, 0.25) is 0 Å². The molecule has 1 rings (SSSR count). The molecule has 1 unspecified atom stereocenters. The molecule has 1 atom stereocenters. The molecule has 84 valence electrons. The number of aliphatic hydroxyl groups is 1. The van der Waals surface area contributed by atoms with E-state index in [-0.39, 0.29) is 0 Å². The maximum Gasteiger partial charge on any atom is 0.0892 e. The number of hydrogen-bond donors (Lipinski definition) is 1. The molecule has 3 heteroatoms. The molecular weight excluding hydrogens is 178 g/mol. The van der Waals surface area contributed by atoms with Gasteiger partial charge in [0.1, 0.15) is 0 Å². The van der Waals surface area contributed by atoms with Crippen molar-refractivity contribution in [3.8, 4) is 0 Å². The standard InChI is InChI=1S/C11H23NO2/c1-3-7-12-8-4-5-11(13,6-9-12)10-14-2/h13H,3-10H2,1-2H3. The fourth-order valence-corrected chi connectivity index (χ4v) is 2.19. The second-order valence-electron chi connectivity index (χ2n) is 4.35. The largest absolute Gasteiger partial charge is 0.387 e. The van der Waals surface area contributed by atoms with Gasteiger partial charge in [-0.25, -0.2) is 0 Å². The van der Waals surface area contributed by atoms with Crippen LogP contribution in [0.25, 0.3) is 0 Å². The highest BCUT2D eigenvalue weighted by molar-refractivity contribution is 4.83. The predicted molar refractivity (Wildman–Crippen MR) is 57.4 cm³/mol. The van der Waals surface area contributed by atoms with Crippen LogP contribution in [0.15, 0.2) is 0 Å². The zero-order chi connectivity index (χ0) is 10.4. The van der Waals surface area contributed by atoms with Gasteiger partial charge in [-0.3, -0.25) is 0 Å². The van der Waals surface area contributed by atoms with Crippen molar-refractivity contribution in [3.05, 3.63) is 0 Å². The lowest BCUT2D eigenvalue weighted by Crippen LogP contribution is -2.35. The van der Waals surface area contributed by atoms with E-state index in [2.05, 4.69) is 11.8 Å². The molecule has 0 aromatic rings. The summed E-state index contributed by atoms with van der Waals surface area (Å²) in [6.45, 7) is 5.97. The molecule has 0 aromatic heterocycles. The molecule has 1 heterocycles. The van der Waals surface area contributed by atoms with Crippen molar-refractivity contribution in [2.75, 3.05) is 33.4 Å². The SMILES string of the molecule is CCCN1CCCC(O)(COC)CC1. The van der Waals surface area contributed by atoms with E-state index < -0.39 is 5.60 Å². The third-order valence-electron chi connectivity index (χ3n) is 2.96. The Hall–Kier alpha value is -0.120. The minimum atomic E-state index is -0.572. The van der Waals surface area contributed by atoms with Gasteiger partial charge in [-0.05, 0) is 38.8 Å². The Balaban J connectivity index is 2.39. The minimum Gasteiger partial charge on any atom is -0.387 e. The second-order valence-corrected chi connectivity index (χ2v) is 4.35. The van der Waals surface area contributed by atoms with Crippen molar-refractivity contribution >= 4 is 0 Å². The summed E-state index contributed by atoms with van der Waals surface area (Å²) in [7, 11) is 1.66. The van der Waals surface area contributed by atoms with E-state index in [4.69, 9.17) is 4.74 Å². The highest BCUT2D eigenvalue weighted by Crippen LogP contribution is 2.22. The Morgan fingerprint density at radius 2 is 2.14 bits per heavy atom. The molecule has 1 saturated heterocycles. The number of rotatable bonds is 4. The van der Waals surface area contributed by atoms with Crippen LogP contribution in [-0.2, 0) is 4.74 Å². The summed E-state index contributed by atoms with van der Waals surface area (Å²) >= 11 is 0. The molecular formula is C11H23NO2. The maximum absolute atomic E-state index is 10.2. The molecule has 14 heavy (non-hydrogen) atoms. The Labute approximate surface area is 87.1 Å². The Morgan fingerprint density at radius 1 is 1.36 bits per heavy atom. The lowest BCUT2D eigenvalue weighted by molar-refractivity contribution is -0.0407. The smallest absolute Gasteiger partial charge is 0.0892 e. The number of ether oxygens (including phenoxy) is 1. The quantitative estimate of drug-likeness (QED) is 0.743. The van der Waals surface area contributed by atoms with Gasteiger partial charge >= 0.3 is 0 Å². The number of methoxy groups -OCH3 is 1. The number of hydrogen-bond acceptors (Lipinski definition) is 3. The first kappa shape index (κ1) is 12.0. The van der Waals surface area contributed by atoms with Crippen molar-refractivity contribution in [3.63, 3.8) is 0 Å². The average molecular weight is 201 g/mol. The third-order valence-corrected chi connectivity index (χ3v) is 2.96. The Kier molecular flexibility index (Phi) is 4.85. The van der Waals surface area contributed by atoms with E-state index in [1.165, 1.54) is 6.42 Å². The van der Waals surface area contributed by atoms with Crippen molar-refractivity contribution in [1.29, 1.82) is 0 Å². The Bertz CT molecular complexity index is 163. The molecule has 0 aromatic carbocycles. The zero-order valence-corrected chi connectivity index (χ0v) is 9.46. The van der Waals surface area contributed by atoms with E-state index in [9.17, 15) is 5.11 Å². The molecule has 0 bridgehead atoms. The highest BCUT2D eigenvalue weighted by atomic mass is 16.5. The van der Waals surface area contributed by atoms with Gasteiger partial charge in [-0.2, -0.15) is 0 Å². The van der Waals surface area contributed by atoms with Crippen molar-refractivity contribution in [2.45, 2.75) is 38.2 Å². The lowest BCUT2D eigenvalue weighted by atomic mass is 9.96. The molecule has 1 aliphatic heterocycles. The van der Waals surface area contributed by atoms with Gasteiger partial charge in [-0.1, -0.05) is 6.92 Å². The van der Waals surface area contributed by atoms with Crippen LogP contribution in [0.3, 0.4) is 0 Å². The first-order valence-corrected chi connectivity index (χ1v) is 5.64. The van der Waals surface area contributed by atoms with Crippen LogP contribution in [0, 0.1) is 0 Å². The summed E-state index contributed by atoms with van der Waals surface area (Å²) in [5.74, 6) is 0. The number of nitrogens with zero attached hydrogens (tertiary/aromatic N) is 1. The summed E-state index contributed by atoms with van der Waals surface area (Å²) in [6, 6.07) is 0. The van der Waals surface area contributed by atoms with Crippen molar-refractivity contribution in [1.82, 2.24) is 4.90 Å². The van der Waals surface area contributed by atoms with Gasteiger partial charge in [-0.15, -0.1) is 0 Å². The molecule has 0 amide bonds. The van der Waals surface area contributed by atoms with Crippen LogP contribution < -0.4 is 0 Å². The van der Waals surface area contributed by atoms with Crippen LogP contribution in [0.5, 0.6) is 0 Å². The summed E-state index contributed by atoms with van der Waals surface area (Å²) in [5, 5.41) is 10.2. The first-order valence-electron chi connectivity index (χ1n) is 5.64. The van der Waals surface area contributed by atoms with Gasteiger partial charge < -0.3 is 14.7 Å². The molecule has 0 radical (unpaired) electrons. The summed E-state index contributed by atoms with van der Waals surface area (Å²) in [4.78, 5) is 2.44. The Morgan fingerprint density at radius 3 is 2.79 bits per heavy atom. The van der Waals surface area contributed by atoms with Gasteiger partial charge in [0.15, 0.2) is 0 Å². The topological polar surface area (TPSA) is 32.7 Å². The monoisotopic (exact) mass is 201 g/mol. The summed E-state index contributed by atoms with van der Waals surface area (Å²) < 4.78 is 5.07. The van der Waals surface area contributed by atoms with E-state index in [0.29, 0.717) is 6.61 Å². The van der Waals surface area contributed by atoms with Crippen molar-refractivity contribution in [2.24, 2.45) is 0 Å². The average Bonchev–Trinajstić information content (AvgIpc) is 2.30. The molecule has 0 saturated carbocycles. The van der Waals surface area contributed by atoms with Crippen LogP contribution in [0.2, 0.25) is 0 Å². The molecule has 3 nitrogen and oxygen atoms in total. The van der Waals surface area contributed by atoms with Crippen LogP contribution >= 0.6 is 0 Å². The molecule has 1 fully saturated rings. The molecule has 1 aliphatic rings. The lowest BCUT2D eigenvalue weighted by Gasteiger charge is -2.25. The van der Waals surface area contributed by atoms with Gasteiger partial charge in [0.05, 0.1) is 12.2 Å². The normalized spacial score (nSPS) is 30.2. The number of likely N-dealkylation sites (tertiary alicyclic amines) is 1. The minimum absolute atomic E-state index is 0.479. The molecule has 0 aliphatic carbocycles. The summed E-state index contributed by atoms with van der Waals surface area (Å²) in [6.07, 6.45) is 4.00.